The van der Waals surface area contributed by atoms with Crippen LogP contribution in [0.3, 0.4) is 0 Å². The molecule has 0 aliphatic heterocycles. The van der Waals surface area contributed by atoms with Crippen LogP contribution in [0.15, 0.2) is 58.3 Å². The van der Waals surface area contributed by atoms with E-state index in [1.807, 2.05) is 0 Å². The maximum Gasteiger partial charge on any atom is 0.00952 e. The number of hydrogen-bond acceptors (Lipinski definition) is 2. The molecular formula is C20H24S2. The van der Waals surface area contributed by atoms with E-state index in [-0.39, 0.29) is 0 Å². The van der Waals surface area contributed by atoms with Crippen molar-refractivity contribution in [3.05, 3.63) is 59.7 Å². The molecule has 0 heterocycles. The lowest BCUT2D eigenvalue weighted by Gasteiger charge is -2.27. The third-order valence-electron chi connectivity index (χ3n) is 4.27. The van der Waals surface area contributed by atoms with E-state index >= 15 is 0 Å². The van der Waals surface area contributed by atoms with Crippen molar-refractivity contribution in [3.8, 4) is 0 Å². The SMILES string of the molecule is Cc1ccc(SC2CCC(Sc3ccc(C)cc3)CC2)cc1. The maximum absolute atomic E-state index is 2.27. The number of rotatable bonds is 4. The van der Waals surface area contributed by atoms with E-state index in [1.165, 1.54) is 46.6 Å². The standard InChI is InChI=1S/C20H24S2/c1-15-3-7-17(8-4-15)21-19-11-13-20(14-12-19)22-18-9-5-16(2)6-10-18/h3-10,19-20H,11-14H2,1-2H3. The summed E-state index contributed by atoms with van der Waals surface area (Å²) in [4.78, 5) is 2.86. The molecule has 22 heavy (non-hydrogen) atoms. The summed E-state index contributed by atoms with van der Waals surface area (Å²) in [5.41, 5.74) is 2.70. The first-order chi connectivity index (χ1) is 10.7. The van der Waals surface area contributed by atoms with Crippen molar-refractivity contribution in [3.63, 3.8) is 0 Å². The fourth-order valence-electron chi connectivity index (χ4n) is 2.89. The van der Waals surface area contributed by atoms with Gasteiger partial charge in [0.1, 0.15) is 0 Å². The summed E-state index contributed by atoms with van der Waals surface area (Å²) in [6, 6.07) is 18.0. The van der Waals surface area contributed by atoms with Gasteiger partial charge in [-0.15, -0.1) is 23.5 Å². The quantitative estimate of drug-likeness (QED) is 0.628. The smallest absolute Gasteiger partial charge is 0.00952 e. The summed E-state index contributed by atoms with van der Waals surface area (Å²) in [6.07, 6.45) is 5.40. The minimum absolute atomic E-state index is 0.803. The van der Waals surface area contributed by atoms with Crippen LogP contribution < -0.4 is 0 Å². The van der Waals surface area contributed by atoms with Crippen molar-refractivity contribution in [2.45, 2.75) is 59.8 Å². The summed E-state index contributed by atoms with van der Waals surface area (Å²) >= 11 is 4.15. The highest BCUT2D eigenvalue weighted by molar-refractivity contribution is 8.00. The molecule has 1 saturated carbocycles. The maximum atomic E-state index is 2.27. The first-order valence-electron chi connectivity index (χ1n) is 8.16. The summed E-state index contributed by atoms with van der Waals surface area (Å²) < 4.78 is 0. The zero-order chi connectivity index (χ0) is 15.4. The van der Waals surface area contributed by atoms with E-state index in [1.54, 1.807) is 0 Å². The van der Waals surface area contributed by atoms with Crippen molar-refractivity contribution in [1.29, 1.82) is 0 Å². The Morgan fingerprint density at radius 2 is 0.909 bits per heavy atom. The van der Waals surface area contributed by atoms with Crippen molar-refractivity contribution in [2.75, 3.05) is 0 Å². The monoisotopic (exact) mass is 328 g/mol. The number of thioether (sulfide) groups is 2. The first kappa shape index (κ1) is 16.0. The normalized spacial score (nSPS) is 21.7. The van der Waals surface area contributed by atoms with Crippen LogP contribution in [-0.2, 0) is 0 Å². The Balaban J connectivity index is 1.47. The molecule has 0 N–H and O–H groups in total. The van der Waals surface area contributed by atoms with Gasteiger partial charge in [0, 0.05) is 20.3 Å². The number of benzene rings is 2. The predicted molar refractivity (Wildman–Crippen MR) is 100 cm³/mol. The second-order valence-electron chi connectivity index (χ2n) is 6.26. The lowest BCUT2D eigenvalue weighted by atomic mass is 10.00. The highest BCUT2D eigenvalue weighted by Gasteiger charge is 2.22. The lowest BCUT2D eigenvalue weighted by Crippen LogP contribution is -2.17. The summed E-state index contributed by atoms with van der Waals surface area (Å²) in [5.74, 6) is 0. The van der Waals surface area contributed by atoms with E-state index in [0.717, 1.165) is 10.5 Å². The van der Waals surface area contributed by atoms with Crippen LogP contribution in [0.5, 0.6) is 0 Å². The molecule has 0 bridgehead atoms. The van der Waals surface area contributed by atoms with Gasteiger partial charge in [0.15, 0.2) is 0 Å². The predicted octanol–water partition coefficient (Wildman–Crippen LogP) is 6.50. The topological polar surface area (TPSA) is 0 Å². The number of hydrogen-bond donors (Lipinski definition) is 0. The van der Waals surface area contributed by atoms with Crippen molar-refractivity contribution >= 4 is 23.5 Å². The molecule has 3 rings (SSSR count). The van der Waals surface area contributed by atoms with Crippen LogP contribution in [0.1, 0.15) is 36.8 Å². The van der Waals surface area contributed by atoms with Crippen molar-refractivity contribution in [1.82, 2.24) is 0 Å². The molecule has 0 unspecified atom stereocenters. The molecule has 2 heteroatoms. The minimum Gasteiger partial charge on any atom is -0.123 e. The van der Waals surface area contributed by atoms with Gasteiger partial charge in [-0.2, -0.15) is 0 Å². The summed E-state index contributed by atoms with van der Waals surface area (Å²) in [5, 5.41) is 1.61. The molecule has 0 aromatic heterocycles. The van der Waals surface area contributed by atoms with E-state index in [9.17, 15) is 0 Å². The van der Waals surface area contributed by atoms with Crippen LogP contribution in [0.4, 0.5) is 0 Å². The Morgan fingerprint density at radius 3 is 1.23 bits per heavy atom. The average Bonchev–Trinajstić information content (AvgIpc) is 2.54. The van der Waals surface area contributed by atoms with Crippen LogP contribution in [-0.4, -0.2) is 10.5 Å². The zero-order valence-corrected chi connectivity index (χ0v) is 15.1. The lowest BCUT2D eigenvalue weighted by molar-refractivity contribution is 0.528. The average molecular weight is 329 g/mol. The van der Waals surface area contributed by atoms with Crippen LogP contribution in [0.25, 0.3) is 0 Å². The molecule has 1 aliphatic rings. The molecule has 1 fully saturated rings. The van der Waals surface area contributed by atoms with Crippen LogP contribution in [0.2, 0.25) is 0 Å². The Kier molecular flexibility index (Phi) is 5.54. The Hall–Kier alpha value is -0.860. The minimum atomic E-state index is 0.803. The Labute approximate surface area is 143 Å². The van der Waals surface area contributed by atoms with Gasteiger partial charge in [-0.25, -0.2) is 0 Å². The van der Waals surface area contributed by atoms with E-state index in [0.29, 0.717) is 0 Å². The third kappa shape index (κ3) is 4.57. The van der Waals surface area contributed by atoms with E-state index < -0.39 is 0 Å². The van der Waals surface area contributed by atoms with Gasteiger partial charge in [0.2, 0.25) is 0 Å². The Morgan fingerprint density at radius 1 is 0.591 bits per heavy atom. The van der Waals surface area contributed by atoms with Gasteiger partial charge in [-0.1, -0.05) is 35.4 Å². The van der Waals surface area contributed by atoms with Gasteiger partial charge in [0.05, 0.1) is 0 Å². The van der Waals surface area contributed by atoms with Gasteiger partial charge in [-0.3, -0.25) is 0 Å². The second-order valence-corrected chi connectivity index (χ2v) is 9.01. The molecular weight excluding hydrogens is 304 g/mol. The van der Waals surface area contributed by atoms with Gasteiger partial charge in [-0.05, 0) is 63.8 Å². The third-order valence-corrected chi connectivity index (χ3v) is 6.97. The van der Waals surface area contributed by atoms with Crippen LogP contribution in [0, 0.1) is 13.8 Å². The number of aryl methyl sites for hydroxylation is 2. The summed E-state index contributed by atoms with van der Waals surface area (Å²) in [6.45, 7) is 4.31. The molecule has 0 nitrogen and oxygen atoms in total. The molecule has 0 radical (unpaired) electrons. The molecule has 0 saturated heterocycles. The Bertz CT molecular complexity index is 523. The van der Waals surface area contributed by atoms with E-state index in [2.05, 4.69) is 85.9 Å². The highest BCUT2D eigenvalue weighted by atomic mass is 32.2. The molecule has 0 spiro atoms. The molecule has 0 amide bonds. The first-order valence-corrected chi connectivity index (χ1v) is 9.91. The molecule has 116 valence electrons. The second kappa shape index (κ2) is 7.61. The molecule has 2 aromatic carbocycles. The van der Waals surface area contributed by atoms with Crippen molar-refractivity contribution in [2.24, 2.45) is 0 Å². The van der Waals surface area contributed by atoms with Crippen LogP contribution >= 0.6 is 23.5 Å². The van der Waals surface area contributed by atoms with Gasteiger partial charge < -0.3 is 0 Å². The van der Waals surface area contributed by atoms with Gasteiger partial charge >= 0.3 is 0 Å². The van der Waals surface area contributed by atoms with E-state index in [4.69, 9.17) is 0 Å². The highest BCUT2D eigenvalue weighted by Crippen LogP contribution is 2.39. The fraction of sp³-hybridized carbons (Fsp3) is 0.400. The molecule has 1 aliphatic carbocycles. The zero-order valence-electron chi connectivity index (χ0n) is 13.4. The molecule has 2 aromatic rings. The largest absolute Gasteiger partial charge is 0.123 e. The fourth-order valence-corrected chi connectivity index (χ4v) is 5.26. The van der Waals surface area contributed by atoms with Crippen molar-refractivity contribution < 1.29 is 0 Å². The van der Waals surface area contributed by atoms with Gasteiger partial charge in [0.25, 0.3) is 0 Å². The molecule has 0 atom stereocenters. The summed E-state index contributed by atoms with van der Waals surface area (Å²) in [7, 11) is 0.